The predicted molar refractivity (Wildman–Crippen MR) is 109 cm³/mol. The van der Waals surface area contributed by atoms with Crippen molar-refractivity contribution in [2.75, 3.05) is 19.7 Å². The molecule has 1 aliphatic rings. The van der Waals surface area contributed by atoms with Gasteiger partial charge < -0.3 is 14.7 Å². The first kappa shape index (κ1) is 20.3. The molecule has 1 saturated heterocycles. The van der Waals surface area contributed by atoms with E-state index in [9.17, 15) is 9.90 Å². The van der Waals surface area contributed by atoms with Crippen molar-refractivity contribution in [3.05, 3.63) is 59.4 Å². The first-order valence-electron chi connectivity index (χ1n) is 10.0. The molecule has 3 rings (SSSR count). The van der Waals surface area contributed by atoms with E-state index in [2.05, 4.69) is 18.8 Å². The smallest absolute Gasteiger partial charge is 0.222 e. The topological polar surface area (TPSA) is 62.7 Å². The first-order valence-corrected chi connectivity index (χ1v) is 10.0. The highest BCUT2D eigenvalue weighted by Crippen LogP contribution is 2.25. The lowest BCUT2D eigenvalue weighted by atomic mass is 9.96. The van der Waals surface area contributed by atoms with Gasteiger partial charge in [-0.15, -0.1) is 0 Å². The lowest BCUT2D eigenvalue weighted by Gasteiger charge is -2.27. The Balaban J connectivity index is 1.50. The lowest BCUT2D eigenvalue weighted by Crippen LogP contribution is -2.38. The van der Waals surface area contributed by atoms with Gasteiger partial charge in [-0.25, -0.2) is 0 Å². The summed E-state index contributed by atoms with van der Waals surface area (Å²) in [6.07, 6.45) is 6.68. The van der Waals surface area contributed by atoms with Crippen LogP contribution in [0, 0.1) is 13.8 Å². The summed E-state index contributed by atoms with van der Waals surface area (Å²) in [7, 11) is 0. The molecule has 2 aromatic rings. The molecule has 1 N–H and O–H groups in total. The third kappa shape index (κ3) is 5.55. The fourth-order valence-electron chi connectivity index (χ4n) is 3.55. The maximum atomic E-state index is 12.6. The van der Waals surface area contributed by atoms with Gasteiger partial charge in [0, 0.05) is 31.9 Å². The second-order valence-corrected chi connectivity index (χ2v) is 7.85. The predicted octanol–water partition coefficient (Wildman–Crippen LogP) is 3.45. The molecule has 0 bridgehead atoms. The van der Waals surface area contributed by atoms with E-state index in [0.717, 1.165) is 17.7 Å². The second kappa shape index (κ2) is 9.20. The number of pyridine rings is 1. The number of hydrogen-bond acceptors (Lipinski definition) is 4. The third-order valence-electron chi connectivity index (χ3n) is 5.61. The number of carbonyl (C=O) groups excluding carboxylic acids is 1. The number of benzene rings is 1. The highest BCUT2D eigenvalue weighted by Gasteiger charge is 2.32. The van der Waals surface area contributed by atoms with E-state index < -0.39 is 5.60 Å². The molecule has 1 atom stereocenters. The molecule has 28 heavy (non-hydrogen) atoms. The summed E-state index contributed by atoms with van der Waals surface area (Å²) >= 11 is 0. The van der Waals surface area contributed by atoms with Gasteiger partial charge in [0.15, 0.2) is 0 Å². The zero-order chi connectivity index (χ0) is 20.0. The van der Waals surface area contributed by atoms with Crippen LogP contribution in [0.4, 0.5) is 0 Å². The minimum Gasteiger partial charge on any atom is -0.491 e. The molecule has 1 aliphatic heterocycles. The van der Waals surface area contributed by atoms with Crippen molar-refractivity contribution in [3.63, 3.8) is 0 Å². The van der Waals surface area contributed by atoms with E-state index in [1.807, 2.05) is 35.2 Å². The summed E-state index contributed by atoms with van der Waals surface area (Å²) in [5.41, 5.74) is 2.58. The number of aryl methyl sites for hydroxylation is 3. The van der Waals surface area contributed by atoms with Crippen LogP contribution in [0.25, 0.3) is 0 Å². The monoisotopic (exact) mass is 382 g/mol. The van der Waals surface area contributed by atoms with E-state index in [0.29, 0.717) is 38.8 Å². The molecule has 0 saturated carbocycles. The molecule has 1 fully saturated rings. The Bertz CT molecular complexity index is 794. The summed E-state index contributed by atoms with van der Waals surface area (Å²) in [5, 5.41) is 11.0. The van der Waals surface area contributed by atoms with Gasteiger partial charge >= 0.3 is 0 Å². The van der Waals surface area contributed by atoms with Crippen molar-refractivity contribution in [1.82, 2.24) is 9.88 Å². The van der Waals surface area contributed by atoms with Crippen LogP contribution in [-0.2, 0) is 11.2 Å². The van der Waals surface area contributed by atoms with Crippen LogP contribution in [0.15, 0.2) is 42.7 Å². The van der Waals surface area contributed by atoms with Crippen LogP contribution in [-0.4, -0.2) is 46.2 Å². The molecule has 0 spiro atoms. The molecule has 5 heteroatoms. The molecule has 1 unspecified atom stereocenters. The van der Waals surface area contributed by atoms with E-state index in [1.54, 1.807) is 12.4 Å². The van der Waals surface area contributed by atoms with Crippen LogP contribution < -0.4 is 4.74 Å². The molecule has 1 aromatic carbocycles. The summed E-state index contributed by atoms with van der Waals surface area (Å²) < 4.78 is 5.88. The molecule has 150 valence electrons. The van der Waals surface area contributed by atoms with Gasteiger partial charge in [-0.05, 0) is 74.4 Å². The summed E-state index contributed by atoms with van der Waals surface area (Å²) in [4.78, 5) is 18.5. The Hall–Kier alpha value is -2.40. The number of aromatic nitrogens is 1. The molecule has 1 aromatic heterocycles. The van der Waals surface area contributed by atoms with Gasteiger partial charge in [-0.1, -0.05) is 12.1 Å². The zero-order valence-electron chi connectivity index (χ0n) is 16.9. The number of hydrogen-bond donors (Lipinski definition) is 1. The summed E-state index contributed by atoms with van der Waals surface area (Å²) in [6, 6.07) is 9.86. The number of aliphatic hydroxyl groups is 1. The van der Waals surface area contributed by atoms with Gasteiger partial charge in [0.1, 0.15) is 18.0 Å². The van der Waals surface area contributed by atoms with Crippen molar-refractivity contribution in [2.24, 2.45) is 0 Å². The zero-order valence-corrected chi connectivity index (χ0v) is 16.9. The first-order chi connectivity index (χ1) is 13.5. The Labute approximate surface area is 167 Å². The molecule has 5 nitrogen and oxygen atoms in total. The van der Waals surface area contributed by atoms with Crippen molar-refractivity contribution in [3.8, 4) is 5.75 Å². The Kier molecular flexibility index (Phi) is 6.68. The third-order valence-corrected chi connectivity index (χ3v) is 5.61. The standard InChI is InChI=1S/C23H30N2O3/c1-18-6-8-21(15-19(18)2)28-17-23(27)10-4-13-25(14-11-23)22(26)9-7-20-5-3-12-24-16-20/h3,5-6,8,12,15-16,27H,4,7,9-11,13-14,17H2,1-2H3. The SMILES string of the molecule is Cc1ccc(OCC2(O)CCCN(C(=O)CCc3cccnc3)CC2)cc1C. The number of rotatable bonds is 6. The highest BCUT2D eigenvalue weighted by molar-refractivity contribution is 5.76. The van der Waals surface area contributed by atoms with Gasteiger partial charge in [-0.2, -0.15) is 0 Å². The summed E-state index contributed by atoms with van der Waals surface area (Å²) in [5.74, 6) is 0.924. The largest absolute Gasteiger partial charge is 0.491 e. The Morgan fingerprint density at radius 2 is 2.07 bits per heavy atom. The number of amides is 1. The average Bonchev–Trinajstić information content (AvgIpc) is 2.90. The van der Waals surface area contributed by atoms with Crippen LogP contribution in [0.1, 0.15) is 42.4 Å². The number of nitrogens with zero attached hydrogens (tertiary/aromatic N) is 2. The van der Waals surface area contributed by atoms with Gasteiger partial charge in [-0.3, -0.25) is 9.78 Å². The minimum absolute atomic E-state index is 0.142. The number of ether oxygens (including phenoxy) is 1. The second-order valence-electron chi connectivity index (χ2n) is 7.85. The van der Waals surface area contributed by atoms with E-state index in [1.165, 1.54) is 11.1 Å². The van der Waals surface area contributed by atoms with E-state index in [4.69, 9.17) is 4.74 Å². The number of likely N-dealkylation sites (tertiary alicyclic amines) is 1. The van der Waals surface area contributed by atoms with Crippen LogP contribution in [0.2, 0.25) is 0 Å². The fourth-order valence-corrected chi connectivity index (χ4v) is 3.55. The van der Waals surface area contributed by atoms with Crippen LogP contribution in [0.5, 0.6) is 5.75 Å². The molecular weight excluding hydrogens is 352 g/mol. The maximum absolute atomic E-state index is 12.6. The molecule has 1 amide bonds. The number of carbonyl (C=O) groups is 1. The van der Waals surface area contributed by atoms with Crippen molar-refractivity contribution in [1.29, 1.82) is 0 Å². The van der Waals surface area contributed by atoms with E-state index >= 15 is 0 Å². The van der Waals surface area contributed by atoms with Crippen LogP contribution in [0.3, 0.4) is 0 Å². The normalized spacial score (nSPS) is 19.9. The Morgan fingerprint density at radius 3 is 2.82 bits per heavy atom. The molecular formula is C23H30N2O3. The van der Waals surface area contributed by atoms with Crippen molar-refractivity contribution in [2.45, 2.75) is 51.6 Å². The van der Waals surface area contributed by atoms with E-state index in [-0.39, 0.29) is 12.5 Å². The van der Waals surface area contributed by atoms with Crippen LogP contribution >= 0.6 is 0 Å². The van der Waals surface area contributed by atoms with Gasteiger partial charge in [0.05, 0.1) is 0 Å². The molecule has 0 aliphatic carbocycles. The quantitative estimate of drug-likeness (QED) is 0.831. The molecule has 0 radical (unpaired) electrons. The maximum Gasteiger partial charge on any atom is 0.222 e. The van der Waals surface area contributed by atoms with Gasteiger partial charge in [0.25, 0.3) is 0 Å². The fraction of sp³-hybridized carbons (Fsp3) is 0.478. The average molecular weight is 383 g/mol. The minimum atomic E-state index is -0.892. The molecule has 2 heterocycles. The van der Waals surface area contributed by atoms with Crippen molar-refractivity contribution < 1.29 is 14.6 Å². The lowest BCUT2D eigenvalue weighted by molar-refractivity contribution is -0.131. The summed E-state index contributed by atoms with van der Waals surface area (Å²) in [6.45, 7) is 5.64. The van der Waals surface area contributed by atoms with Gasteiger partial charge in [0.2, 0.25) is 5.91 Å². The Morgan fingerprint density at radius 1 is 1.21 bits per heavy atom. The highest BCUT2D eigenvalue weighted by atomic mass is 16.5. The van der Waals surface area contributed by atoms with Crippen molar-refractivity contribution >= 4 is 5.91 Å².